The molecule has 0 aliphatic carbocycles. The van der Waals surface area contributed by atoms with E-state index in [1.165, 1.54) is 11.8 Å². The highest BCUT2D eigenvalue weighted by Gasteiger charge is 2.63. The Kier molecular flexibility index (Phi) is 3.72. The Morgan fingerprint density at radius 3 is 2.35 bits per heavy atom. The molecule has 3 aliphatic rings. The molecule has 0 saturated carbocycles. The Labute approximate surface area is 179 Å². The van der Waals surface area contributed by atoms with Gasteiger partial charge in [-0.1, -0.05) is 54.6 Å². The zero-order valence-corrected chi connectivity index (χ0v) is 16.9. The summed E-state index contributed by atoms with van der Waals surface area (Å²) in [7, 11) is 0. The molecule has 31 heavy (non-hydrogen) atoms. The number of rotatable bonds is 2. The molecule has 2 fully saturated rings. The number of carbonyl (C=O) groups excluding carboxylic acids is 3. The molecule has 0 bridgehead atoms. The van der Waals surface area contributed by atoms with Crippen LogP contribution in [0.1, 0.15) is 24.1 Å². The first-order valence-corrected chi connectivity index (χ1v) is 10.5. The maximum atomic E-state index is 13.7. The van der Waals surface area contributed by atoms with Crippen molar-refractivity contribution in [1.82, 2.24) is 4.90 Å². The number of imide groups is 1. The summed E-state index contributed by atoms with van der Waals surface area (Å²) in [5, 5.41) is 2.01. The summed E-state index contributed by atoms with van der Waals surface area (Å²) >= 11 is 0. The third-order valence-electron chi connectivity index (χ3n) is 6.87. The quantitative estimate of drug-likeness (QED) is 0.603. The molecule has 0 unspecified atom stereocenters. The van der Waals surface area contributed by atoms with Gasteiger partial charge in [0.1, 0.15) is 0 Å². The molecule has 3 aromatic rings. The number of Topliss-reactive ketones (excluding diaryl/α,β-unsaturated/α-hetero) is 1. The smallest absolute Gasteiger partial charge is 0.240 e. The number of anilines is 1. The minimum Gasteiger partial charge on any atom is -0.359 e. The Balaban J connectivity index is 1.49. The summed E-state index contributed by atoms with van der Waals surface area (Å²) in [6.07, 6.45) is 3.83. The molecule has 4 atom stereocenters. The molecule has 6 rings (SSSR count). The fraction of sp³-hybridized carbons (Fsp3) is 0.192. The summed E-state index contributed by atoms with van der Waals surface area (Å²) in [4.78, 5) is 43.2. The minimum atomic E-state index is -0.683. The number of fused-ring (bicyclic) bond motifs is 6. The van der Waals surface area contributed by atoms with Gasteiger partial charge in [0.15, 0.2) is 5.78 Å². The number of carbonyl (C=O) groups is 3. The van der Waals surface area contributed by atoms with Gasteiger partial charge in [-0.3, -0.25) is 14.4 Å². The van der Waals surface area contributed by atoms with E-state index in [2.05, 4.69) is 0 Å². The molecule has 3 heterocycles. The molecule has 2 saturated heterocycles. The average molecular weight is 408 g/mol. The van der Waals surface area contributed by atoms with Crippen LogP contribution in [0.2, 0.25) is 0 Å². The number of amides is 2. The molecular weight excluding hydrogens is 388 g/mol. The first-order chi connectivity index (χ1) is 15.1. The number of hydrogen-bond donors (Lipinski definition) is 0. The minimum absolute atomic E-state index is 0.0944. The van der Waals surface area contributed by atoms with Crippen LogP contribution in [0, 0.1) is 11.8 Å². The van der Waals surface area contributed by atoms with Crippen LogP contribution in [0.3, 0.4) is 0 Å². The van der Waals surface area contributed by atoms with Gasteiger partial charge >= 0.3 is 0 Å². The maximum absolute atomic E-state index is 13.7. The Morgan fingerprint density at radius 2 is 1.55 bits per heavy atom. The summed E-state index contributed by atoms with van der Waals surface area (Å²) in [5.74, 6) is -1.88. The predicted octanol–water partition coefficient (Wildman–Crippen LogP) is 3.94. The molecule has 3 aromatic carbocycles. The van der Waals surface area contributed by atoms with Crippen molar-refractivity contribution in [1.29, 1.82) is 0 Å². The van der Waals surface area contributed by atoms with Crippen LogP contribution in [0.5, 0.6) is 0 Å². The van der Waals surface area contributed by atoms with Crippen LogP contribution in [-0.4, -0.2) is 28.5 Å². The van der Waals surface area contributed by atoms with Crippen molar-refractivity contribution in [3.8, 4) is 0 Å². The van der Waals surface area contributed by atoms with Gasteiger partial charge in [0.2, 0.25) is 11.8 Å². The zero-order chi connectivity index (χ0) is 21.3. The lowest BCUT2D eigenvalue weighted by Crippen LogP contribution is -2.43. The van der Waals surface area contributed by atoms with E-state index in [9.17, 15) is 14.4 Å². The van der Waals surface area contributed by atoms with Crippen molar-refractivity contribution in [2.45, 2.75) is 19.0 Å². The third-order valence-corrected chi connectivity index (χ3v) is 6.87. The fourth-order valence-electron chi connectivity index (χ4n) is 5.59. The summed E-state index contributed by atoms with van der Waals surface area (Å²) in [5.41, 5.74) is 2.58. The number of ketones is 1. The monoisotopic (exact) mass is 408 g/mol. The first kappa shape index (κ1) is 18.1. The molecule has 0 N–H and O–H groups in total. The van der Waals surface area contributed by atoms with Crippen LogP contribution < -0.4 is 4.90 Å². The molecule has 0 spiro atoms. The largest absolute Gasteiger partial charge is 0.359 e. The second kappa shape index (κ2) is 6.38. The van der Waals surface area contributed by atoms with E-state index < -0.39 is 17.9 Å². The van der Waals surface area contributed by atoms with Gasteiger partial charge in [-0.15, -0.1) is 0 Å². The summed E-state index contributed by atoms with van der Waals surface area (Å²) < 4.78 is 0. The zero-order valence-electron chi connectivity index (χ0n) is 16.9. The van der Waals surface area contributed by atoms with E-state index in [1.807, 2.05) is 83.9 Å². The van der Waals surface area contributed by atoms with Crippen molar-refractivity contribution in [2.75, 3.05) is 4.90 Å². The molecular formula is C26H20N2O3. The molecule has 5 heteroatoms. The van der Waals surface area contributed by atoms with Crippen LogP contribution >= 0.6 is 0 Å². The van der Waals surface area contributed by atoms with Crippen molar-refractivity contribution in [3.63, 3.8) is 0 Å². The molecule has 2 amide bonds. The van der Waals surface area contributed by atoms with Crippen LogP contribution in [0.4, 0.5) is 5.69 Å². The van der Waals surface area contributed by atoms with Crippen molar-refractivity contribution < 1.29 is 14.4 Å². The van der Waals surface area contributed by atoms with Crippen molar-refractivity contribution in [2.24, 2.45) is 11.8 Å². The SMILES string of the molecule is CC(=O)[C@@H]1[C@@H]2C(=O)N(c3ccc4ccccc4c3)C(=O)[C@@H]2[C@@H]2c3ccccc3C=CN12. The van der Waals surface area contributed by atoms with E-state index in [-0.39, 0.29) is 23.6 Å². The van der Waals surface area contributed by atoms with E-state index in [1.54, 1.807) is 0 Å². The number of nitrogens with zero attached hydrogens (tertiary/aromatic N) is 2. The van der Waals surface area contributed by atoms with Gasteiger partial charge < -0.3 is 4.90 Å². The normalized spacial score (nSPS) is 26.2. The first-order valence-electron chi connectivity index (χ1n) is 10.5. The fourth-order valence-corrected chi connectivity index (χ4v) is 5.59. The molecule has 0 radical (unpaired) electrons. The van der Waals surface area contributed by atoms with Gasteiger partial charge in [-0.2, -0.15) is 0 Å². The molecule has 3 aliphatic heterocycles. The van der Waals surface area contributed by atoms with Crippen molar-refractivity contribution in [3.05, 3.63) is 84.1 Å². The maximum Gasteiger partial charge on any atom is 0.240 e. The van der Waals surface area contributed by atoms with Crippen LogP contribution in [0.25, 0.3) is 16.8 Å². The van der Waals surface area contributed by atoms with Crippen LogP contribution in [0.15, 0.2) is 72.9 Å². The molecule has 0 aromatic heterocycles. The molecule has 152 valence electrons. The predicted molar refractivity (Wildman–Crippen MR) is 118 cm³/mol. The second-order valence-corrected chi connectivity index (χ2v) is 8.49. The lowest BCUT2D eigenvalue weighted by Gasteiger charge is -2.35. The Hall–Kier alpha value is -3.73. The number of hydrogen-bond acceptors (Lipinski definition) is 4. The Morgan fingerprint density at radius 1 is 0.839 bits per heavy atom. The average Bonchev–Trinajstić information content (AvgIpc) is 3.26. The Bertz CT molecular complexity index is 1310. The summed E-state index contributed by atoms with van der Waals surface area (Å²) in [6.45, 7) is 1.51. The summed E-state index contributed by atoms with van der Waals surface area (Å²) in [6, 6.07) is 20.4. The van der Waals surface area contributed by atoms with Gasteiger partial charge in [-0.25, -0.2) is 4.90 Å². The van der Waals surface area contributed by atoms with Gasteiger partial charge in [-0.05, 0) is 47.0 Å². The standard InChI is InChI=1S/C26H20N2O3/c1-15(29)23-21-22(24-20-9-5-4-7-17(20)12-13-27(23)24)26(31)28(25(21)30)19-11-10-16-6-2-3-8-18(16)14-19/h2-14,21-24H,1H3/t21-,22+,23-,24+/m1/s1. The second-order valence-electron chi connectivity index (χ2n) is 8.49. The van der Waals surface area contributed by atoms with Crippen molar-refractivity contribution >= 4 is 40.1 Å². The lowest BCUT2D eigenvalue weighted by atomic mass is 9.84. The lowest BCUT2D eigenvalue weighted by molar-refractivity contribution is -0.129. The van der Waals surface area contributed by atoms with Gasteiger partial charge in [0.25, 0.3) is 0 Å². The van der Waals surface area contributed by atoms with Crippen LogP contribution in [-0.2, 0) is 14.4 Å². The third kappa shape index (κ3) is 2.40. The van der Waals surface area contributed by atoms with Gasteiger partial charge in [0, 0.05) is 6.20 Å². The molecule has 5 nitrogen and oxygen atoms in total. The van der Waals surface area contributed by atoms with E-state index in [0.29, 0.717) is 5.69 Å². The van der Waals surface area contributed by atoms with Gasteiger partial charge in [0.05, 0.1) is 29.6 Å². The van der Waals surface area contributed by atoms with E-state index >= 15 is 0 Å². The highest BCUT2D eigenvalue weighted by atomic mass is 16.2. The highest BCUT2D eigenvalue weighted by molar-refractivity contribution is 6.24. The highest BCUT2D eigenvalue weighted by Crippen LogP contribution is 2.53. The number of benzene rings is 3. The topological polar surface area (TPSA) is 57.7 Å². The van der Waals surface area contributed by atoms with E-state index in [4.69, 9.17) is 0 Å². The van der Waals surface area contributed by atoms with E-state index in [0.717, 1.165) is 21.9 Å².